The van der Waals surface area contributed by atoms with Crippen LogP contribution in [0.3, 0.4) is 0 Å². The summed E-state index contributed by atoms with van der Waals surface area (Å²) >= 11 is 5.70. The smallest absolute Gasteiger partial charge is 0.257 e. The van der Waals surface area contributed by atoms with Gasteiger partial charge >= 0.3 is 0 Å². The molecule has 0 unspecified atom stereocenters. The molecule has 0 aromatic heterocycles. The van der Waals surface area contributed by atoms with Gasteiger partial charge in [0.25, 0.3) is 5.91 Å². The lowest BCUT2D eigenvalue weighted by atomic mass is 10.1. The fourth-order valence-electron chi connectivity index (χ4n) is 2.63. The number of rotatable bonds is 3. The van der Waals surface area contributed by atoms with Crippen LogP contribution in [0.5, 0.6) is 0 Å². The molecule has 1 aromatic rings. The first kappa shape index (κ1) is 14.3. The van der Waals surface area contributed by atoms with E-state index in [4.69, 9.17) is 11.6 Å². The first-order valence-electron chi connectivity index (χ1n) is 7.12. The topological polar surface area (TPSA) is 49.4 Å². The molecule has 1 aliphatic carbocycles. The Hall–Kier alpha value is -1.62. The van der Waals surface area contributed by atoms with Gasteiger partial charge in [-0.1, -0.05) is 11.6 Å². The number of benzene rings is 1. The molecule has 2 amide bonds. The van der Waals surface area contributed by atoms with Gasteiger partial charge in [-0.3, -0.25) is 9.59 Å². The Labute approximate surface area is 127 Å². The van der Waals surface area contributed by atoms with Gasteiger partial charge in [-0.25, -0.2) is 4.39 Å². The third-order valence-electron chi connectivity index (χ3n) is 3.90. The molecular formula is C15H16ClFN2O2. The standard InChI is InChI=1S/C15H16ClFN2O2/c16-9-3-6-11(12(17)8-9)15(21)19-7-1-2-13(19)14(20)18-10-4-5-10/h3,6,8,10,13H,1-2,4-5,7H2,(H,18,20)/t13-/m1/s1. The molecule has 0 radical (unpaired) electrons. The lowest BCUT2D eigenvalue weighted by molar-refractivity contribution is -0.125. The molecule has 0 spiro atoms. The van der Waals surface area contributed by atoms with Crippen molar-refractivity contribution in [1.29, 1.82) is 0 Å². The number of carbonyl (C=O) groups is 2. The summed E-state index contributed by atoms with van der Waals surface area (Å²) in [5.41, 5.74) is -0.0366. The highest BCUT2D eigenvalue weighted by Gasteiger charge is 2.37. The maximum atomic E-state index is 13.9. The molecule has 1 N–H and O–H groups in total. The Morgan fingerprint density at radius 3 is 2.71 bits per heavy atom. The summed E-state index contributed by atoms with van der Waals surface area (Å²) in [6.07, 6.45) is 3.37. The zero-order valence-electron chi connectivity index (χ0n) is 11.4. The van der Waals surface area contributed by atoms with Gasteiger partial charge in [0.2, 0.25) is 5.91 Å². The zero-order chi connectivity index (χ0) is 15.0. The summed E-state index contributed by atoms with van der Waals surface area (Å²) in [7, 11) is 0. The predicted molar refractivity (Wildman–Crippen MR) is 76.6 cm³/mol. The number of carbonyl (C=O) groups excluding carboxylic acids is 2. The van der Waals surface area contributed by atoms with E-state index in [1.807, 2.05) is 0 Å². The van der Waals surface area contributed by atoms with Crippen molar-refractivity contribution in [1.82, 2.24) is 10.2 Å². The van der Waals surface area contributed by atoms with E-state index < -0.39 is 17.8 Å². The van der Waals surface area contributed by atoms with Crippen molar-refractivity contribution >= 4 is 23.4 Å². The predicted octanol–water partition coefficient (Wildman–Crippen LogP) is 2.36. The zero-order valence-corrected chi connectivity index (χ0v) is 12.2. The van der Waals surface area contributed by atoms with E-state index in [9.17, 15) is 14.0 Å². The van der Waals surface area contributed by atoms with E-state index in [0.717, 1.165) is 25.3 Å². The highest BCUT2D eigenvalue weighted by Crippen LogP contribution is 2.25. The molecular weight excluding hydrogens is 295 g/mol. The van der Waals surface area contributed by atoms with Crippen LogP contribution in [0, 0.1) is 5.82 Å². The SMILES string of the molecule is O=C(NC1CC1)[C@H]1CCCN1C(=O)c1ccc(Cl)cc1F. The first-order valence-corrected chi connectivity index (χ1v) is 7.50. The highest BCUT2D eigenvalue weighted by molar-refractivity contribution is 6.30. The van der Waals surface area contributed by atoms with E-state index in [1.165, 1.54) is 17.0 Å². The van der Waals surface area contributed by atoms with Gasteiger partial charge in [0.1, 0.15) is 11.9 Å². The third kappa shape index (κ3) is 3.02. The minimum absolute atomic E-state index is 0.0366. The van der Waals surface area contributed by atoms with Crippen LogP contribution in [0.15, 0.2) is 18.2 Å². The molecule has 2 fully saturated rings. The second-order valence-electron chi connectivity index (χ2n) is 5.56. The quantitative estimate of drug-likeness (QED) is 0.932. The summed E-state index contributed by atoms with van der Waals surface area (Å²) < 4.78 is 13.9. The lowest BCUT2D eigenvalue weighted by Gasteiger charge is -2.24. The van der Waals surface area contributed by atoms with Crippen LogP contribution in [-0.4, -0.2) is 35.3 Å². The minimum atomic E-state index is -0.652. The van der Waals surface area contributed by atoms with Crippen LogP contribution in [0.2, 0.25) is 5.02 Å². The Bertz CT molecular complexity index is 589. The van der Waals surface area contributed by atoms with E-state index in [0.29, 0.717) is 13.0 Å². The van der Waals surface area contributed by atoms with Crippen molar-refractivity contribution in [2.45, 2.75) is 37.8 Å². The molecule has 21 heavy (non-hydrogen) atoms. The van der Waals surface area contributed by atoms with Gasteiger partial charge in [0.15, 0.2) is 0 Å². The van der Waals surface area contributed by atoms with Gasteiger partial charge < -0.3 is 10.2 Å². The van der Waals surface area contributed by atoms with Crippen LogP contribution in [-0.2, 0) is 4.79 Å². The molecule has 1 atom stereocenters. The van der Waals surface area contributed by atoms with Gasteiger partial charge in [-0.2, -0.15) is 0 Å². The molecule has 0 bridgehead atoms. The Morgan fingerprint density at radius 1 is 1.29 bits per heavy atom. The first-order chi connectivity index (χ1) is 10.1. The molecule has 3 rings (SSSR count). The minimum Gasteiger partial charge on any atom is -0.352 e. The Morgan fingerprint density at radius 2 is 2.05 bits per heavy atom. The third-order valence-corrected chi connectivity index (χ3v) is 4.14. The molecule has 1 aromatic carbocycles. The van der Waals surface area contributed by atoms with Crippen LogP contribution >= 0.6 is 11.6 Å². The summed E-state index contributed by atoms with van der Waals surface area (Å²) in [5, 5.41) is 3.15. The van der Waals surface area contributed by atoms with Crippen LogP contribution < -0.4 is 5.32 Å². The fraction of sp³-hybridized carbons (Fsp3) is 0.467. The van der Waals surface area contributed by atoms with Crippen molar-refractivity contribution < 1.29 is 14.0 Å². The Balaban J connectivity index is 1.77. The number of likely N-dealkylation sites (tertiary alicyclic amines) is 1. The van der Waals surface area contributed by atoms with Crippen molar-refractivity contribution in [2.75, 3.05) is 6.54 Å². The van der Waals surface area contributed by atoms with Crippen LogP contribution in [0.1, 0.15) is 36.0 Å². The molecule has 1 saturated carbocycles. The molecule has 1 heterocycles. The lowest BCUT2D eigenvalue weighted by Crippen LogP contribution is -2.46. The summed E-state index contributed by atoms with van der Waals surface area (Å²) in [5.74, 6) is -1.23. The average Bonchev–Trinajstić information content (AvgIpc) is 3.11. The molecule has 4 nitrogen and oxygen atoms in total. The van der Waals surface area contributed by atoms with Crippen molar-refractivity contribution in [2.24, 2.45) is 0 Å². The van der Waals surface area contributed by atoms with Gasteiger partial charge in [0, 0.05) is 17.6 Å². The number of nitrogens with zero attached hydrogens (tertiary/aromatic N) is 1. The normalized spacial score (nSPS) is 21.4. The van der Waals surface area contributed by atoms with Gasteiger partial charge in [-0.15, -0.1) is 0 Å². The molecule has 112 valence electrons. The molecule has 1 saturated heterocycles. The van der Waals surface area contributed by atoms with Gasteiger partial charge in [-0.05, 0) is 43.9 Å². The van der Waals surface area contributed by atoms with E-state index in [-0.39, 0.29) is 22.5 Å². The van der Waals surface area contributed by atoms with Crippen molar-refractivity contribution in [3.05, 3.63) is 34.6 Å². The molecule has 2 aliphatic rings. The number of hydrogen-bond acceptors (Lipinski definition) is 2. The highest BCUT2D eigenvalue weighted by atomic mass is 35.5. The van der Waals surface area contributed by atoms with Crippen molar-refractivity contribution in [3.63, 3.8) is 0 Å². The fourth-order valence-corrected chi connectivity index (χ4v) is 2.78. The van der Waals surface area contributed by atoms with E-state index in [2.05, 4.69) is 5.32 Å². The molecule has 6 heteroatoms. The monoisotopic (exact) mass is 310 g/mol. The summed E-state index contributed by atoms with van der Waals surface area (Å²) in [6.45, 7) is 0.476. The van der Waals surface area contributed by atoms with Gasteiger partial charge in [0.05, 0.1) is 5.56 Å². The number of amides is 2. The number of halogens is 2. The largest absolute Gasteiger partial charge is 0.352 e. The van der Waals surface area contributed by atoms with Crippen LogP contribution in [0.25, 0.3) is 0 Å². The second-order valence-corrected chi connectivity index (χ2v) is 6.00. The molecule has 1 aliphatic heterocycles. The van der Waals surface area contributed by atoms with Crippen LogP contribution in [0.4, 0.5) is 4.39 Å². The summed E-state index contributed by atoms with van der Waals surface area (Å²) in [4.78, 5) is 26.1. The maximum absolute atomic E-state index is 13.9. The van der Waals surface area contributed by atoms with E-state index >= 15 is 0 Å². The number of nitrogens with one attached hydrogen (secondary N) is 1. The summed E-state index contributed by atoms with van der Waals surface area (Å²) in [6, 6.07) is 3.72. The maximum Gasteiger partial charge on any atom is 0.257 e. The van der Waals surface area contributed by atoms with Crippen molar-refractivity contribution in [3.8, 4) is 0 Å². The second kappa shape index (κ2) is 5.64. The number of hydrogen-bond donors (Lipinski definition) is 1. The van der Waals surface area contributed by atoms with E-state index in [1.54, 1.807) is 0 Å². The Kier molecular flexibility index (Phi) is 3.85. The average molecular weight is 311 g/mol.